The zero-order valence-electron chi connectivity index (χ0n) is 11.9. The number of anilines is 1. The average molecular weight is 287 g/mol. The molecule has 0 spiro atoms. The maximum Gasteiger partial charge on any atom is 0.417 e. The minimum atomic E-state index is -4.52. The van der Waals surface area contributed by atoms with Gasteiger partial charge in [0.1, 0.15) is 5.84 Å². The Morgan fingerprint density at radius 1 is 1.35 bits per heavy atom. The lowest BCUT2D eigenvalue weighted by Gasteiger charge is -2.22. The first-order valence-electron chi connectivity index (χ1n) is 6.39. The van der Waals surface area contributed by atoms with Crippen LogP contribution in [0.2, 0.25) is 0 Å². The molecule has 3 N–H and O–H groups in total. The number of nitrogens with zero attached hydrogens (tertiary/aromatic N) is 1. The predicted molar refractivity (Wildman–Crippen MR) is 75.2 cm³/mol. The number of hydrogen-bond acceptors (Lipinski definition) is 2. The molecule has 1 aromatic carbocycles. The lowest BCUT2D eigenvalue weighted by atomic mass is 10.0. The summed E-state index contributed by atoms with van der Waals surface area (Å²) < 4.78 is 39.0. The molecular weight excluding hydrogens is 267 g/mol. The molecule has 0 fully saturated rings. The van der Waals surface area contributed by atoms with Gasteiger partial charge in [0, 0.05) is 24.8 Å². The maximum absolute atomic E-state index is 13.0. The fourth-order valence-electron chi connectivity index (χ4n) is 1.82. The molecule has 0 amide bonds. The van der Waals surface area contributed by atoms with Crippen LogP contribution in [0.15, 0.2) is 18.2 Å². The Balaban J connectivity index is 3.10. The minimum absolute atomic E-state index is 0.279. The molecule has 0 aliphatic rings. The van der Waals surface area contributed by atoms with Crippen LogP contribution in [-0.4, -0.2) is 19.4 Å². The van der Waals surface area contributed by atoms with Crippen molar-refractivity contribution in [2.75, 3.05) is 18.5 Å². The van der Waals surface area contributed by atoms with Gasteiger partial charge in [-0.05, 0) is 30.5 Å². The van der Waals surface area contributed by atoms with E-state index in [1.54, 1.807) is 18.0 Å². The number of benzene rings is 1. The van der Waals surface area contributed by atoms with E-state index in [9.17, 15) is 13.2 Å². The highest BCUT2D eigenvalue weighted by molar-refractivity contribution is 5.97. The number of halogens is 3. The lowest BCUT2D eigenvalue weighted by molar-refractivity contribution is -0.137. The number of nitrogen functional groups attached to an aromatic ring is 1. The van der Waals surface area contributed by atoms with E-state index in [1.807, 2.05) is 0 Å². The van der Waals surface area contributed by atoms with E-state index in [-0.39, 0.29) is 5.56 Å². The van der Waals surface area contributed by atoms with E-state index < -0.39 is 17.6 Å². The van der Waals surface area contributed by atoms with Gasteiger partial charge >= 0.3 is 6.18 Å². The summed E-state index contributed by atoms with van der Waals surface area (Å²) >= 11 is 0. The second-order valence-electron chi connectivity index (χ2n) is 5.25. The Hall–Kier alpha value is -1.72. The summed E-state index contributed by atoms with van der Waals surface area (Å²) in [5.41, 5.74) is 4.54. The van der Waals surface area contributed by atoms with Gasteiger partial charge in [-0.25, -0.2) is 0 Å². The van der Waals surface area contributed by atoms with Crippen LogP contribution in [0.1, 0.15) is 31.4 Å². The molecule has 0 saturated carbocycles. The van der Waals surface area contributed by atoms with Crippen molar-refractivity contribution in [1.82, 2.24) is 0 Å². The van der Waals surface area contributed by atoms with E-state index in [0.29, 0.717) is 18.2 Å². The number of nitrogens with two attached hydrogens (primary N) is 1. The normalized spacial score (nSPS) is 11.8. The Bertz CT molecular complexity index is 481. The van der Waals surface area contributed by atoms with Crippen molar-refractivity contribution in [2.45, 2.75) is 26.4 Å². The zero-order valence-corrected chi connectivity index (χ0v) is 11.9. The van der Waals surface area contributed by atoms with Gasteiger partial charge in [0.25, 0.3) is 0 Å². The SMILES string of the molecule is CC(C)CCN(C)c1ccc(C(=N)N)c(C(F)(F)F)c1. The highest BCUT2D eigenvalue weighted by Gasteiger charge is 2.34. The summed E-state index contributed by atoms with van der Waals surface area (Å²) in [5.74, 6) is -0.0928. The van der Waals surface area contributed by atoms with Crippen molar-refractivity contribution in [2.24, 2.45) is 11.7 Å². The molecule has 0 atom stereocenters. The first-order chi connectivity index (χ1) is 9.12. The molecule has 0 saturated heterocycles. The standard InChI is InChI=1S/C14H20F3N3/c1-9(2)6-7-20(3)10-4-5-11(13(18)19)12(8-10)14(15,16)17/h4-5,8-9H,6-7H2,1-3H3,(H3,18,19). The monoisotopic (exact) mass is 287 g/mol. The fourth-order valence-corrected chi connectivity index (χ4v) is 1.82. The maximum atomic E-state index is 13.0. The van der Waals surface area contributed by atoms with Gasteiger partial charge < -0.3 is 10.6 Å². The van der Waals surface area contributed by atoms with Gasteiger partial charge in [0.2, 0.25) is 0 Å². The van der Waals surface area contributed by atoms with Crippen molar-refractivity contribution in [3.8, 4) is 0 Å². The van der Waals surface area contributed by atoms with Gasteiger partial charge in [0.05, 0.1) is 5.56 Å². The molecule has 20 heavy (non-hydrogen) atoms. The van der Waals surface area contributed by atoms with E-state index in [4.69, 9.17) is 11.1 Å². The number of alkyl halides is 3. The number of hydrogen-bond donors (Lipinski definition) is 2. The molecule has 3 nitrogen and oxygen atoms in total. The molecule has 0 aliphatic heterocycles. The zero-order chi connectivity index (χ0) is 15.5. The molecule has 0 bridgehead atoms. The Morgan fingerprint density at radius 2 is 1.95 bits per heavy atom. The molecule has 0 aromatic heterocycles. The Kier molecular flexibility index (Phi) is 5.03. The van der Waals surface area contributed by atoms with E-state index >= 15 is 0 Å². The fraction of sp³-hybridized carbons (Fsp3) is 0.500. The van der Waals surface area contributed by atoms with Crippen molar-refractivity contribution in [3.05, 3.63) is 29.3 Å². The van der Waals surface area contributed by atoms with Crippen LogP contribution >= 0.6 is 0 Å². The van der Waals surface area contributed by atoms with Crippen LogP contribution in [0.3, 0.4) is 0 Å². The molecule has 0 heterocycles. The van der Waals surface area contributed by atoms with Crippen LogP contribution in [0.25, 0.3) is 0 Å². The summed E-state index contributed by atoms with van der Waals surface area (Å²) in [6, 6.07) is 3.87. The van der Waals surface area contributed by atoms with Crippen molar-refractivity contribution in [1.29, 1.82) is 5.41 Å². The quantitative estimate of drug-likeness (QED) is 0.643. The highest BCUT2D eigenvalue weighted by Crippen LogP contribution is 2.34. The number of nitrogens with one attached hydrogen (secondary N) is 1. The molecule has 0 radical (unpaired) electrons. The van der Waals surface area contributed by atoms with Gasteiger partial charge in [0.15, 0.2) is 0 Å². The third-order valence-corrected chi connectivity index (χ3v) is 3.08. The minimum Gasteiger partial charge on any atom is -0.384 e. The van der Waals surface area contributed by atoms with Crippen LogP contribution in [0, 0.1) is 11.3 Å². The summed E-state index contributed by atoms with van der Waals surface area (Å²) in [7, 11) is 1.76. The highest BCUT2D eigenvalue weighted by atomic mass is 19.4. The molecular formula is C14H20F3N3. The average Bonchev–Trinajstić information content (AvgIpc) is 2.33. The molecule has 0 unspecified atom stereocenters. The second-order valence-corrected chi connectivity index (χ2v) is 5.25. The summed E-state index contributed by atoms with van der Waals surface area (Å²) in [6.45, 7) is 4.80. The third-order valence-electron chi connectivity index (χ3n) is 3.08. The Morgan fingerprint density at radius 3 is 2.40 bits per heavy atom. The van der Waals surface area contributed by atoms with Crippen LogP contribution < -0.4 is 10.6 Å². The predicted octanol–water partition coefficient (Wildman–Crippen LogP) is 3.47. The second kappa shape index (κ2) is 6.15. The molecule has 6 heteroatoms. The molecule has 1 aromatic rings. The van der Waals surface area contributed by atoms with Crippen molar-refractivity contribution >= 4 is 11.5 Å². The van der Waals surface area contributed by atoms with Crippen LogP contribution in [-0.2, 0) is 6.18 Å². The summed E-state index contributed by atoms with van der Waals surface area (Å²) in [5, 5.41) is 7.24. The van der Waals surface area contributed by atoms with Gasteiger partial charge in [-0.3, -0.25) is 5.41 Å². The smallest absolute Gasteiger partial charge is 0.384 e. The van der Waals surface area contributed by atoms with E-state index in [2.05, 4.69) is 13.8 Å². The largest absolute Gasteiger partial charge is 0.417 e. The van der Waals surface area contributed by atoms with E-state index in [1.165, 1.54) is 6.07 Å². The first-order valence-corrected chi connectivity index (χ1v) is 6.39. The number of rotatable bonds is 5. The van der Waals surface area contributed by atoms with Crippen molar-refractivity contribution in [3.63, 3.8) is 0 Å². The topological polar surface area (TPSA) is 53.1 Å². The van der Waals surface area contributed by atoms with Gasteiger partial charge in [-0.2, -0.15) is 13.2 Å². The van der Waals surface area contributed by atoms with Crippen LogP contribution in [0.4, 0.5) is 18.9 Å². The third kappa shape index (κ3) is 4.15. The first kappa shape index (κ1) is 16.3. The van der Waals surface area contributed by atoms with Gasteiger partial charge in [-0.15, -0.1) is 0 Å². The molecule has 112 valence electrons. The number of amidine groups is 1. The molecule has 0 aliphatic carbocycles. The van der Waals surface area contributed by atoms with Gasteiger partial charge in [-0.1, -0.05) is 13.8 Å². The summed E-state index contributed by atoms with van der Waals surface area (Å²) in [6.07, 6.45) is -3.62. The molecule has 1 rings (SSSR count). The Labute approximate surface area is 117 Å². The summed E-state index contributed by atoms with van der Waals surface area (Å²) in [4.78, 5) is 1.78. The lowest BCUT2D eigenvalue weighted by Crippen LogP contribution is -2.23. The van der Waals surface area contributed by atoms with Crippen molar-refractivity contribution < 1.29 is 13.2 Å². The van der Waals surface area contributed by atoms with E-state index in [0.717, 1.165) is 12.5 Å². The van der Waals surface area contributed by atoms with Crippen LogP contribution in [0.5, 0.6) is 0 Å².